The van der Waals surface area contributed by atoms with Crippen LogP contribution in [0.4, 0.5) is 10.6 Å². The Morgan fingerprint density at radius 2 is 2.42 bits per heavy atom. The molecule has 1 heterocycles. The average Bonchev–Trinajstić information content (AvgIpc) is 2.28. The van der Waals surface area contributed by atoms with Gasteiger partial charge >= 0.3 is 6.03 Å². The number of anilines is 1. The lowest BCUT2D eigenvalue weighted by Gasteiger charge is -2.11. The van der Waals surface area contributed by atoms with Crippen molar-refractivity contribution in [2.75, 3.05) is 4.31 Å². The van der Waals surface area contributed by atoms with E-state index in [0.717, 1.165) is 10.00 Å². The van der Waals surface area contributed by atoms with Crippen LogP contribution in [0.25, 0.3) is 0 Å². The van der Waals surface area contributed by atoms with Crippen LogP contribution in [0.3, 0.4) is 0 Å². The minimum atomic E-state index is -0.624. The van der Waals surface area contributed by atoms with E-state index in [0.29, 0.717) is 5.82 Å². The number of aromatic nitrogens is 2. The maximum atomic E-state index is 10.7. The molecule has 1 aromatic heterocycles. The topological polar surface area (TPSA) is 64.2 Å². The lowest BCUT2D eigenvalue weighted by atomic mass is 10.5. The molecule has 0 saturated carbocycles. The molecule has 0 bridgehead atoms. The van der Waals surface area contributed by atoms with E-state index >= 15 is 0 Å². The molecule has 0 radical (unpaired) electrons. The summed E-state index contributed by atoms with van der Waals surface area (Å²) in [6.45, 7) is 1.83. The molecule has 2 amide bonds. The fourth-order valence-electron chi connectivity index (χ4n) is 0.908. The number of carbonyl (C=O) groups excluding carboxylic acids is 1. The fourth-order valence-corrected chi connectivity index (χ4v) is 1.10. The van der Waals surface area contributed by atoms with Crippen molar-refractivity contribution in [2.24, 2.45) is 12.8 Å². The highest BCUT2D eigenvalue weighted by Gasteiger charge is 2.12. The second-order valence-corrected chi connectivity index (χ2v) is 2.82. The van der Waals surface area contributed by atoms with E-state index < -0.39 is 6.03 Å². The molecule has 5 nitrogen and oxygen atoms in total. The molecule has 1 rings (SSSR count). The number of rotatable bonds is 1. The summed E-state index contributed by atoms with van der Waals surface area (Å²) in [5.41, 5.74) is 5.83. The summed E-state index contributed by atoms with van der Waals surface area (Å²) in [4.78, 5) is 10.7. The van der Waals surface area contributed by atoms with E-state index in [1.807, 2.05) is 6.92 Å². The van der Waals surface area contributed by atoms with Gasteiger partial charge in [0, 0.05) is 13.1 Å². The van der Waals surface area contributed by atoms with Crippen LogP contribution >= 0.6 is 12.8 Å². The molecule has 0 aliphatic heterocycles. The second-order valence-electron chi connectivity index (χ2n) is 2.42. The third-order valence-electron chi connectivity index (χ3n) is 1.40. The summed E-state index contributed by atoms with van der Waals surface area (Å²) < 4.78 is 2.58. The van der Waals surface area contributed by atoms with Crippen LogP contribution in [0.15, 0.2) is 6.07 Å². The molecule has 0 aliphatic carbocycles. The van der Waals surface area contributed by atoms with Gasteiger partial charge in [-0.05, 0) is 6.92 Å². The van der Waals surface area contributed by atoms with Crippen LogP contribution in [0, 0.1) is 6.92 Å². The molecule has 12 heavy (non-hydrogen) atoms. The first-order valence-corrected chi connectivity index (χ1v) is 3.71. The Morgan fingerprint density at radius 1 is 1.83 bits per heavy atom. The maximum absolute atomic E-state index is 10.7. The van der Waals surface area contributed by atoms with Gasteiger partial charge in [0.1, 0.15) is 5.82 Å². The van der Waals surface area contributed by atoms with Crippen molar-refractivity contribution >= 4 is 24.7 Å². The fraction of sp³-hybridized carbons (Fsp3) is 0.333. The van der Waals surface area contributed by atoms with Crippen molar-refractivity contribution in [1.29, 1.82) is 0 Å². The number of carbonyl (C=O) groups is 1. The summed E-state index contributed by atoms with van der Waals surface area (Å²) in [6, 6.07) is 1.10. The number of primary amides is 1. The number of urea groups is 1. The average molecular weight is 186 g/mol. The molecule has 0 aromatic carbocycles. The van der Waals surface area contributed by atoms with Gasteiger partial charge in [0.05, 0.1) is 5.69 Å². The van der Waals surface area contributed by atoms with Gasteiger partial charge in [-0.1, -0.05) is 12.8 Å². The number of hydrogen-bond donors (Lipinski definition) is 2. The number of amides is 2. The van der Waals surface area contributed by atoms with E-state index in [4.69, 9.17) is 5.73 Å². The Bertz CT molecular complexity index is 308. The standard InChI is InChI=1S/C6H10N4OS/c1-4-3-5(9(2)8-4)10(12)6(7)11/h3,12H,1-2H3,(H2,7,11). The van der Waals surface area contributed by atoms with E-state index in [9.17, 15) is 4.79 Å². The Hall–Kier alpha value is -1.17. The largest absolute Gasteiger partial charge is 0.350 e. The third kappa shape index (κ3) is 1.53. The quantitative estimate of drug-likeness (QED) is 0.626. The Balaban J connectivity index is 3.02. The van der Waals surface area contributed by atoms with Crippen LogP contribution in [-0.4, -0.2) is 15.8 Å². The predicted octanol–water partition coefficient (Wildman–Crippen LogP) is 0.458. The summed E-state index contributed by atoms with van der Waals surface area (Å²) in [5.74, 6) is 0.559. The van der Waals surface area contributed by atoms with Crippen LogP contribution < -0.4 is 10.0 Å². The second kappa shape index (κ2) is 3.06. The van der Waals surface area contributed by atoms with Crippen LogP contribution in [-0.2, 0) is 7.05 Å². The summed E-state index contributed by atoms with van der Waals surface area (Å²) >= 11 is 3.90. The van der Waals surface area contributed by atoms with E-state index in [-0.39, 0.29) is 0 Å². The number of nitrogens with two attached hydrogens (primary N) is 1. The van der Waals surface area contributed by atoms with Gasteiger partial charge in [0.25, 0.3) is 0 Å². The molecule has 1 aromatic rings. The van der Waals surface area contributed by atoms with Crippen molar-refractivity contribution < 1.29 is 4.79 Å². The van der Waals surface area contributed by atoms with Gasteiger partial charge in [-0.15, -0.1) is 0 Å². The molecular formula is C6H10N4OS. The highest BCUT2D eigenvalue weighted by Crippen LogP contribution is 2.15. The maximum Gasteiger partial charge on any atom is 0.330 e. The summed E-state index contributed by atoms with van der Waals surface area (Å²) in [6.07, 6.45) is 0. The van der Waals surface area contributed by atoms with Crippen LogP contribution in [0.2, 0.25) is 0 Å². The number of nitrogens with zero attached hydrogens (tertiary/aromatic N) is 3. The van der Waals surface area contributed by atoms with Crippen LogP contribution in [0.1, 0.15) is 5.69 Å². The molecule has 0 spiro atoms. The smallest absolute Gasteiger partial charge is 0.330 e. The van der Waals surface area contributed by atoms with Gasteiger partial charge in [0.15, 0.2) is 0 Å². The molecule has 6 heteroatoms. The summed E-state index contributed by atoms with van der Waals surface area (Å²) in [7, 11) is 1.72. The molecule has 2 N–H and O–H groups in total. The molecule has 0 unspecified atom stereocenters. The van der Waals surface area contributed by atoms with Crippen molar-refractivity contribution in [2.45, 2.75) is 6.92 Å². The SMILES string of the molecule is Cc1cc(N(S)C(N)=O)n(C)n1. The third-order valence-corrected chi connectivity index (χ3v) is 1.81. The normalized spacial score (nSPS) is 9.92. The number of thiol groups is 1. The van der Waals surface area contributed by atoms with Crippen molar-refractivity contribution in [1.82, 2.24) is 9.78 Å². The molecule has 0 aliphatic rings. The molecule has 66 valence electrons. The highest BCUT2D eigenvalue weighted by molar-refractivity contribution is 7.82. The van der Waals surface area contributed by atoms with Gasteiger partial charge in [-0.25, -0.2) is 9.10 Å². The number of hydrogen-bond acceptors (Lipinski definition) is 3. The van der Waals surface area contributed by atoms with E-state index in [1.165, 1.54) is 4.68 Å². The Labute approximate surface area is 75.7 Å². The van der Waals surface area contributed by atoms with Crippen molar-refractivity contribution in [3.8, 4) is 0 Å². The molecular weight excluding hydrogens is 176 g/mol. The minimum Gasteiger partial charge on any atom is -0.350 e. The molecule has 0 saturated heterocycles. The van der Waals surface area contributed by atoms with Gasteiger partial charge < -0.3 is 5.73 Å². The molecule has 0 fully saturated rings. The zero-order valence-electron chi connectivity index (χ0n) is 6.85. The highest BCUT2D eigenvalue weighted by atomic mass is 32.1. The van der Waals surface area contributed by atoms with E-state index in [2.05, 4.69) is 17.9 Å². The van der Waals surface area contributed by atoms with Crippen molar-refractivity contribution in [3.05, 3.63) is 11.8 Å². The predicted molar refractivity (Wildman–Crippen MR) is 49.0 cm³/mol. The van der Waals surface area contributed by atoms with Crippen LogP contribution in [0.5, 0.6) is 0 Å². The first-order chi connectivity index (χ1) is 5.52. The number of aryl methyl sites for hydroxylation is 2. The lowest BCUT2D eigenvalue weighted by Crippen LogP contribution is -2.28. The van der Waals surface area contributed by atoms with Gasteiger partial charge in [0.2, 0.25) is 0 Å². The minimum absolute atomic E-state index is 0.559. The van der Waals surface area contributed by atoms with Crippen molar-refractivity contribution in [3.63, 3.8) is 0 Å². The lowest BCUT2D eigenvalue weighted by molar-refractivity contribution is 0.257. The monoisotopic (exact) mass is 186 g/mol. The zero-order valence-corrected chi connectivity index (χ0v) is 7.75. The van der Waals surface area contributed by atoms with E-state index in [1.54, 1.807) is 13.1 Å². The first-order valence-electron chi connectivity index (χ1n) is 3.31. The Kier molecular flexibility index (Phi) is 2.27. The summed E-state index contributed by atoms with van der Waals surface area (Å²) in [5, 5.41) is 4.03. The molecule has 0 atom stereocenters. The van der Waals surface area contributed by atoms with Gasteiger partial charge in [-0.3, -0.25) is 4.68 Å². The van der Waals surface area contributed by atoms with Gasteiger partial charge in [-0.2, -0.15) is 5.10 Å². The Morgan fingerprint density at radius 3 is 2.75 bits per heavy atom. The first kappa shape index (κ1) is 8.92. The zero-order chi connectivity index (χ0) is 9.30.